The number of aliphatic carboxylic acids is 1. The quantitative estimate of drug-likeness (QED) is 0.118. The molecular weight excluding hydrogens is 862 g/mol. The molecule has 4 unspecified atom stereocenters. The third-order valence-corrected chi connectivity index (χ3v) is 15.2. The van der Waals surface area contributed by atoms with Crippen LogP contribution in [0.5, 0.6) is 11.5 Å². The normalized spacial score (nSPS) is 30.4. The molecule has 0 radical (unpaired) electrons. The first-order valence-electron chi connectivity index (χ1n) is 22.4. The van der Waals surface area contributed by atoms with Crippen molar-refractivity contribution in [2.75, 3.05) is 45.2 Å². The molecule has 4 N–H and O–H groups in total. The third kappa shape index (κ3) is 8.48. The van der Waals surface area contributed by atoms with Gasteiger partial charge in [0.25, 0.3) is 0 Å². The first-order valence-corrected chi connectivity index (χ1v) is 23.6. The van der Waals surface area contributed by atoms with E-state index in [0.717, 1.165) is 31.1 Å². The minimum absolute atomic E-state index is 0.0227. The number of thiazole rings is 1. The molecule has 10 rings (SSSR count). The minimum Gasteiger partial charge on any atom is -0.491 e. The number of alkyl carbamates (subject to hydrolysis) is 1. The lowest BCUT2D eigenvalue weighted by Crippen LogP contribution is -2.59. The van der Waals surface area contributed by atoms with Crippen molar-refractivity contribution in [2.24, 2.45) is 35.0 Å². The van der Waals surface area contributed by atoms with Gasteiger partial charge in [0.1, 0.15) is 58.7 Å². The van der Waals surface area contributed by atoms with Gasteiger partial charge < -0.3 is 44.9 Å². The Labute approximate surface area is 381 Å². The maximum absolute atomic E-state index is 14.8. The van der Waals surface area contributed by atoms with Crippen LogP contribution in [0.4, 0.5) is 9.93 Å². The molecule has 2 bridgehead atoms. The number of aromatic nitrogens is 2. The Bertz CT molecular complexity index is 2340. The number of pyridine rings is 1. The zero-order valence-corrected chi connectivity index (χ0v) is 38.7. The molecule has 64 heavy (non-hydrogen) atoms. The van der Waals surface area contributed by atoms with E-state index < -0.39 is 58.9 Å². The summed E-state index contributed by atoms with van der Waals surface area (Å²) in [6.45, 7) is 16.1. The second-order valence-electron chi connectivity index (χ2n) is 19.7. The molecule has 7 aliphatic rings. The van der Waals surface area contributed by atoms with Gasteiger partial charge >= 0.3 is 12.1 Å². The van der Waals surface area contributed by atoms with Crippen molar-refractivity contribution >= 4 is 62.8 Å². The fourth-order valence-electron chi connectivity index (χ4n) is 10.3. The number of likely N-dealkylation sites (tertiary alicyclic amines) is 2. The van der Waals surface area contributed by atoms with Gasteiger partial charge in [-0.25, -0.2) is 19.6 Å². The van der Waals surface area contributed by atoms with Crippen LogP contribution < -0.4 is 25.4 Å². The SMILES string of the molecule is C=C[C@@H]1CC1(NC(=O)[C@@H]1C[C@@H](Oc2cc(-c3csc(NC(C)C)n3)nc3c(Cl)c(OCCN4CC[C@@H](OC)C4)ccc23)CN1C(=O)[C@@H](NC(=O)O[C@@H]1CC2C3C1[C@H]23)C(C)(C)C)C(=O)O. The Morgan fingerprint density at radius 1 is 1.08 bits per heavy atom. The molecular formula is C46H58ClN7O9S. The molecule has 4 heterocycles. The van der Waals surface area contributed by atoms with Crippen molar-refractivity contribution in [3.63, 3.8) is 0 Å². The molecule has 7 fully saturated rings. The van der Waals surface area contributed by atoms with Crippen molar-refractivity contribution in [2.45, 2.75) is 102 Å². The molecule has 0 spiro atoms. The molecule has 11 atom stereocenters. The minimum atomic E-state index is -1.54. The van der Waals surface area contributed by atoms with Gasteiger partial charge in [0.05, 0.1) is 23.9 Å². The van der Waals surface area contributed by atoms with Crippen LogP contribution in [-0.2, 0) is 23.9 Å². The number of fused-ring (bicyclic) bond motifs is 2. The van der Waals surface area contributed by atoms with E-state index in [1.54, 1.807) is 19.2 Å². The molecule has 1 aromatic carbocycles. The maximum atomic E-state index is 14.8. The van der Waals surface area contributed by atoms with E-state index in [-0.39, 0.29) is 37.6 Å². The van der Waals surface area contributed by atoms with Crippen molar-refractivity contribution in [3.8, 4) is 22.9 Å². The van der Waals surface area contributed by atoms with Crippen LogP contribution in [0.3, 0.4) is 0 Å². The smallest absolute Gasteiger partial charge is 0.408 e. The van der Waals surface area contributed by atoms with E-state index in [0.29, 0.717) is 75.6 Å². The summed E-state index contributed by atoms with van der Waals surface area (Å²) in [7, 11) is 1.73. The van der Waals surface area contributed by atoms with Crippen LogP contribution in [-0.4, -0.2) is 131 Å². The summed E-state index contributed by atoms with van der Waals surface area (Å²) in [5.41, 5.74) is -0.833. The number of anilines is 1. The highest BCUT2D eigenvalue weighted by atomic mass is 35.5. The molecule has 3 amide bonds. The summed E-state index contributed by atoms with van der Waals surface area (Å²) in [5.74, 6) is 0.469. The fourth-order valence-corrected chi connectivity index (χ4v) is 11.4. The number of nitrogens with zero attached hydrogens (tertiary/aromatic N) is 4. The van der Waals surface area contributed by atoms with Crippen LogP contribution in [0.1, 0.15) is 60.3 Å². The van der Waals surface area contributed by atoms with Gasteiger partial charge in [-0.05, 0) is 68.4 Å². The van der Waals surface area contributed by atoms with Gasteiger partial charge in [0, 0.05) is 67.9 Å². The molecule has 5 saturated carbocycles. The number of carbonyl (C=O) groups is 4. The number of amides is 3. The molecule has 2 aromatic heterocycles. The van der Waals surface area contributed by atoms with Crippen LogP contribution in [0, 0.1) is 35.0 Å². The summed E-state index contributed by atoms with van der Waals surface area (Å²) >= 11 is 8.56. The van der Waals surface area contributed by atoms with Crippen molar-refractivity contribution in [3.05, 3.63) is 41.3 Å². The van der Waals surface area contributed by atoms with E-state index in [9.17, 15) is 24.3 Å². The standard InChI is InChI=1S/C46H58ClN7O9S/c1-8-23-18-46(23,42(57)58)52-40(55)30-15-25(20-54(30)41(56)39(45(4,5)6)51-44(59)63-33-16-27-34-35(27)36(33)34)62-32-17-28(29-21-64-43(50-29)48-22(2)3)49-38-26(32)9-10-31(37(38)47)61-14-13-53-12-11-24(19-53)60-7/h8-10,17,21-25,27,30,33-36,39H,1,11-16,18-20H2,2-7H3,(H,48,50)(H,51,59)(H,52,55)(H,57,58)/t23-,24-,25-,27?,30+,33-,34-,35?,36?,39-,46?/m1/s1. The Kier molecular flexibility index (Phi) is 11.8. The highest BCUT2D eigenvalue weighted by Gasteiger charge is 2.81. The van der Waals surface area contributed by atoms with Crippen LogP contribution in [0.25, 0.3) is 22.3 Å². The largest absolute Gasteiger partial charge is 0.491 e. The zero-order valence-electron chi connectivity index (χ0n) is 37.1. The first-order chi connectivity index (χ1) is 30.5. The molecule has 2 aliphatic heterocycles. The number of methoxy groups -OCH3 is 1. The van der Waals surface area contributed by atoms with Crippen LogP contribution in [0.2, 0.25) is 5.02 Å². The van der Waals surface area contributed by atoms with Crippen molar-refractivity contribution in [1.82, 2.24) is 30.4 Å². The van der Waals surface area contributed by atoms with Crippen LogP contribution in [0.15, 0.2) is 36.2 Å². The number of carboxylic acids is 1. The Morgan fingerprint density at radius 2 is 1.86 bits per heavy atom. The fraction of sp³-hybridized carbons (Fsp3) is 0.609. The number of hydrogen-bond donors (Lipinski definition) is 4. The Balaban J connectivity index is 1.00. The third-order valence-electron chi connectivity index (χ3n) is 14.0. The lowest BCUT2D eigenvalue weighted by Gasteiger charge is -2.35. The van der Waals surface area contributed by atoms with Crippen LogP contribution >= 0.6 is 22.9 Å². The van der Waals surface area contributed by atoms with E-state index in [1.165, 1.54) is 22.3 Å². The number of carboxylic acid groups (broad SMARTS) is 1. The first kappa shape index (κ1) is 44.5. The number of hydrogen-bond acceptors (Lipinski definition) is 13. The molecule has 3 aromatic rings. The van der Waals surface area contributed by atoms with Gasteiger partial charge in [0.2, 0.25) is 11.8 Å². The second kappa shape index (κ2) is 16.9. The molecule has 16 nitrogen and oxygen atoms in total. The number of nitrogens with one attached hydrogen (secondary N) is 3. The van der Waals surface area contributed by atoms with Gasteiger partial charge in [0.15, 0.2) is 5.13 Å². The van der Waals surface area contributed by atoms with E-state index >= 15 is 0 Å². The molecule has 5 aliphatic carbocycles. The predicted octanol–water partition coefficient (Wildman–Crippen LogP) is 5.83. The number of carbonyl (C=O) groups excluding carboxylic acids is 3. The number of benzene rings is 1. The molecule has 2 saturated heterocycles. The van der Waals surface area contributed by atoms with Crippen molar-refractivity contribution < 1.29 is 43.2 Å². The monoisotopic (exact) mass is 919 g/mol. The van der Waals surface area contributed by atoms with Gasteiger partial charge in [-0.3, -0.25) is 14.5 Å². The maximum Gasteiger partial charge on any atom is 0.408 e. The average molecular weight is 921 g/mol. The highest BCUT2D eigenvalue weighted by Crippen LogP contribution is 2.82. The summed E-state index contributed by atoms with van der Waals surface area (Å²) < 4.78 is 24.4. The van der Waals surface area contributed by atoms with Gasteiger partial charge in [-0.15, -0.1) is 17.9 Å². The zero-order chi connectivity index (χ0) is 45.4. The van der Waals surface area contributed by atoms with E-state index in [1.807, 2.05) is 46.1 Å². The Morgan fingerprint density at radius 3 is 2.50 bits per heavy atom. The summed E-state index contributed by atoms with van der Waals surface area (Å²) in [4.78, 5) is 68.5. The Hall–Kier alpha value is -4.71. The average Bonchev–Trinajstić information content (AvgIpc) is 3.98. The topological polar surface area (TPSA) is 194 Å². The highest BCUT2D eigenvalue weighted by molar-refractivity contribution is 7.14. The lowest BCUT2D eigenvalue weighted by atomic mass is 9.85. The van der Waals surface area contributed by atoms with Gasteiger partial charge in [-0.2, -0.15) is 0 Å². The number of halogens is 1. The number of ether oxygens (including phenoxy) is 4. The molecule has 344 valence electrons. The lowest BCUT2D eigenvalue weighted by molar-refractivity contribution is -0.146. The van der Waals surface area contributed by atoms with Crippen molar-refractivity contribution in [1.29, 1.82) is 0 Å². The number of rotatable bonds is 17. The van der Waals surface area contributed by atoms with E-state index in [2.05, 4.69) is 27.4 Å². The summed E-state index contributed by atoms with van der Waals surface area (Å²) in [5, 5.41) is 22.6. The van der Waals surface area contributed by atoms with E-state index in [4.69, 9.17) is 40.5 Å². The molecule has 18 heteroatoms. The predicted molar refractivity (Wildman–Crippen MR) is 241 cm³/mol. The van der Waals surface area contributed by atoms with Gasteiger partial charge in [-0.1, -0.05) is 38.4 Å². The summed E-state index contributed by atoms with van der Waals surface area (Å²) in [6.07, 6.45) is 2.16. The second-order valence-corrected chi connectivity index (χ2v) is 21.0. The summed E-state index contributed by atoms with van der Waals surface area (Å²) in [6, 6.07) is 3.32.